The molecule has 1 rings (SSSR count). The summed E-state index contributed by atoms with van der Waals surface area (Å²) in [5.41, 5.74) is 5.41. The lowest BCUT2D eigenvalue weighted by Gasteiger charge is -2.44. The lowest BCUT2D eigenvalue weighted by Crippen LogP contribution is -2.60. The molecule has 0 spiro atoms. The number of carbonyl (C=O) groups is 1. The van der Waals surface area contributed by atoms with Crippen LogP contribution in [0.25, 0.3) is 0 Å². The Morgan fingerprint density at radius 3 is 2.56 bits per heavy atom. The van der Waals surface area contributed by atoms with Gasteiger partial charge in [-0.25, -0.2) is 4.79 Å². The van der Waals surface area contributed by atoms with E-state index in [2.05, 4.69) is 0 Å². The van der Waals surface area contributed by atoms with Gasteiger partial charge in [0.05, 0.1) is 0 Å². The Labute approximate surface area is 98.1 Å². The number of hydrogen-bond donors (Lipinski definition) is 1. The number of nitrogens with two attached hydrogens (primary N) is 1. The molecular formula is C12H24N2O2. The van der Waals surface area contributed by atoms with Gasteiger partial charge in [-0.05, 0) is 47.5 Å². The molecule has 1 aliphatic heterocycles. The van der Waals surface area contributed by atoms with Crippen LogP contribution >= 0.6 is 0 Å². The standard InChI is InChI=1S/C12H24N2O2/c1-9-12(5,13)7-6-8-14(9)10(15)16-11(2,3)4/h9H,6-8,13H2,1-5H3. The summed E-state index contributed by atoms with van der Waals surface area (Å²) in [5, 5.41) is 0. The van der Waals surface area contributed by atoms with Crippen molar-refractivity contribution in [3.63, 3.8) is 0 Å². The SMILES string of the molecule is CC1N(C(=O)OC(C)(C)C)CCCC1(C)N. The van der Waals surface area contributed by atoms with Crippen LogP contribution in [0.5, 0.6) is 0 Å². The summed E-state index contributed by atoms with van der Waals surface area (Å²) in [6.07, 6.45) is 1.64. The fourth-order valence-electron chi connectivity index (χ4n) is 1.96. The third kappa shape index (κ3) is 3.11. The van der Waals surface area contributed by atoms with Crippen molar-refractivity contribution >= 4 is 6.09 Å². The topological polar surface area (TPSA) is 55.6 Å². The van der Waals surface area contributed by atoms with Crippen LogP contribution in [0.4, 0.5) is 4.79 Å². The highest BCUT2D eigenvalue weighted by atomic mass is 16.6. The predicted octanol–water partition coefficient (Wildman–Crippen LogP) is 2.12. The summed E-state index contributed by atoms with van der Waals surface area (Å²) in [4.78, 5) is 13.7. The molecule has 2 N–H and O–H groups in total. The molecule has 1 fully saturated rings. The van der Waals surface area contributed by atoms with E-state index in [0.29, 0.717) is 0 Å². The Bertz CT molecular complexity index is 269. The Hall–Kier alpha value is -0.770. The molecule has 0 aromatic heterocycles. The van der Waals surface area contributed by atoms with Crippen molar-refractivity contribution in [3.8, 4) is 0 Å². The first-order valence-corrected chi connectivity index (χ1v) is 5.92. The number of hydrogen-bond acceptors (Lipinski definition) is 3. The minimum absolute atomic E-state index is 0.0242. The Morgan fingerprint density at radius 2 is 2.06 bits per heavy atom. The summed E-state index contributed by atoms with van der Waals surface area (Å²) in [6.45, 7) is 10.4. The second-order valence-electron chi connectivity index (χ2n) is 5.96. The van der Waals surface area contributed by atoms with E-state index >= 15 is 0 Å². The second-order valence-corrected chi connectivity index (χ2v) is 5.96. The molecule has 0 bridgehead atoms. The van der Waals surface area contributed by atoms with Gasteiger partial charge in [-0.1, -0.05) is 0 Å². The van der Waals surface area contributed by atoms with E-state index in [1.807, 2.05) is 34.6 Å². The van der Waals surface area contributed by atoms with Crippen molar-refractivity contribution in [1.82, 2.24) is 4.90 Å². The summed E-state index contributed by atoms with van der Waals surface area (Å²) in [7, 11) is 0. The van der Waals surface area contributed by atoms with Crippen molar-refractivity contribution < 1.29 is 9.53 Å². The highest BCUT2D eigenvalue weighted by Gasteiger charge is 2.38. The smallest absolute Gasteiger partial charge is 0.410 e. The molecule has 1 amide bonds. The van der Waals surface area contributed by atoms with Crippen molar-refractivity contribution in [1.29, 1.82) is 0 Å². The quantitative estimate of drug-likeness (QED) is 0.691. The number of carbonyl (C=O) groups excluding carboxylic acids is 1. The van der Waals surface area contributed by atoms with Crippen LogP contribution in [0.3, 0.4) is 0 Å². The van der Waals surface area contributed by atoms with E-state index in [9.17, 15) is 4.79 Å². The van der Waals surface area contributed by atoms with Gasteiger partial charge in [-0.2, -0.15) is 0 Å². The van der Waals surface area contributed by atoms with Crippen LogP contribution in [-0.4, -0.2) is 34.7 Å². The monoisotopic (exact) mass is 228 g/mol. The minimum atomic E-state index is -0.445. The fraction of sp³-hybridized carbons (Fsp3) is 0.917. The summed E-state index contributed by atoms with van der Waals surface area (Å²) in [6, 6.07) is 0.0242. The van der Waals surface area contributed by atoms with Crippen LogP contribution in [0.15, 0.2) is 0 Å². The first-order valence-electron chi connectivity index (χ1n) is 5.92. The summed E-state index contributed by atoms with van der Waals surface area (Å²) >= 11 is 0. The maximum absolute atomic E-state index is 12.0. The molecular weight excluding hydrogens is 204 g/mol. The molecule has 2 unspecified atom stereocenters. The van der Waals surface area contributed by atoms with Crippen molar-refractivity contribution in [3.05, 3.63) is 0 Å². The number of piperidine rings is 1. The Balaban J connectivity index is 2.69. The molecule has 1 aliphatic rings. The maximum Gasteiger partial charge on any atom is 0.410 e. The van der Waals surface area contributed by atoms with Gasteiger partial charge in [0, 0.05) is 18.1 Å². The van der Waals surface area contributed by atoms with Crippen LogP contribution in [0.2, 0.25) is 0 Å². The van der Waals surface area contributed by atoms with E-state index in [4.69, 9.17) is 10.5 Å². The molecule has 1 saturated heterocycles. The molecule has 0 aromatic carbocycles. The van der Waals surface area contributed by atoms with Gasteiger partial charge in [0.15, 0.2) is 0 Å². The lowest BCUT2D eigenvalue weighted by molar-refractivity contribution is 0.000568. The van der Waals surface area contributed by atoms with Crippen LogP contribution in [-0.2, 0) is 4.74 Å². The second kappa shape index (κ2) is 4.24. The molecule has 0 aromatic rings. The minimum Gasteiger partial charge on any atom is -0.444 e. The molecule has 4 nitrogen and oxygen atoms in total. The van der Waals surface area contributed by atoms with Crippen molar-refractivity contribution in [2.45, 2.75) is 64.6 Å². The third-order valence-electron chi connectivity index (χ3n) is 3.16. The first kappa shape index (κ1) is 13.3. The van der Waals surface area contributed by atoms with E-state index in [0.717, 1.165) is 19.4 Å². The highest BCUT2D eigenvalue weighted by molar-refractivity contribution is 5.69. The zero-order valence-corrected chi connectivity index (χ0v) is 11.0. The zero-order valence-electron chi connectivity index (χ0n) is 11.0. The third-order valence-corrected chi connectivity index (χ3v) is 3.16. The molecule has 94 valence electrons. The van der Waals surface area contributed by atoms with E-state index in [1.165, 1.54) is 0 Å². The van der Waals surface area contributed by atoms with Gasteiger partial charge in [-0.15, -0.1) is 0 Å². The number of ether oxygens (including phenoxy) is 1. The van der Waals surface area contributed by atoms with Crippen molar-refractivity contribution in [2.24, 2.45) is 5.73 Å². The Morgan fingerprint density at radius 1 is 1.50 bits per heavy atom. The molecule has 2 atom stereocenters. The van der Waals surface area contributed by atoms with Crippen LogP contribution in [0, 0.1) is 0 Å². The number of rotatable bonds is 0. The van der Waals surface area contributed by atoms with E-state index in [1.54, 1.807) is 4.90 Å². The molecule has 0 aliphatic carbocycles. The van der Waals surface area contributed by atoms with Gasteiger partial charge >= 0.3 is 6.09 Å². The van der Waals surface area contributed by atoms with Gasteiger partial charge in [0.25, 0.3) is 0 Å². The van der Waals surface area contributed by atoms with E-state index < -0.39 is 5.60 Å². The molecule has 4 heteroatoms. The highest BCUT2D eigenvalue weighted by Crippen LogP contribution is 2.26. The maximum atomic E-state index is 12.0. The molecule has 0 radical (unpaired) electrons. The average molecular weight is 228 g/mol. The molecule has 0 saturated carbocycles. The van der Waals surface area contributed by atoms with Crippen molar-refractivity contribution in [2.75, 3.05) is 6.54 Å². The number of amides is 1. The number of likely N-dealkylation sites (tertiary alicyclic amines) is 1. The van der Waals surface area contributed by atoms with Gasteiger partial charge in [0.1, 0.15) is 5.60 Å². The zero-order chi connectivity index (χ0) is 12.6. The Kier molecular flexibility index (Phi) is 3.53. The summed E-state index contributed by atoms with van der Waals surface area (Å²) in [5.74, 6) is 0. The van der Waals surface area contributed by atoms with Gasteiger partial charge in [-0.3, -0.25) is 0 Å². The van der Waals surface area contributed by atoms with E-state index in [-0.39, 0.29) is 17.7 Å². The molecule has 16 heavy (non-hydrogen) atoms. The van der Waals surface area contributed by atoms with Gasteiger partial charge in [0.2, 0.25) is 0 Å². The molecule has 1 heterocycles. The summed E-state index contributed by atoms with van der Waals surface area (Å²) < 4.78 is 5.37. The largest absolute Gasteiger partial charge is 0.444 e. The number of nitrogens with zero attached hydrogens (tertiary/aromatic N) is 1. The first-order chi connectivity index (χ1) is 7.13. The lowest BCUT2D eigenvalue weighted by atomic mass is 9.85. The van der Waals surface area contributed by atoms with Crippen LogP contribution in [0.1, 0.15) is 47.5 Å². The normalized spacial score (nSPS) is 31.4. The van der Waals surface area contributed by atoms with Gasteiger partial charge < -0.3 is 15.4 Å². The fourth-order valence-corrected chi connectivity index (χ4v) is 1.96. The average Bonchev–Trinajstić information content (AvgIpc) is 2.06. The van der Waals surface area contributed by atoms with Crippen LogP contribution < -0.4 is 5.73 Å². The predicted molar refractivity (Wildman–Crippen MR) is 64.2 cm³/mol.